The highest BCUT2D eigenvalue weighted by Gasteiger charge is 2.19. The van der Waals surface area contributed by atoms with E-state index in [0.29, 0.717) is 22.8 Å². The Labute approximate surface area is 110 Å². The van der Waals surface area contributed by atoms with Crippen molar-refractivity contribution in [3.8, 4) is 5.69 Å². The summed E-state index contributed by atoms with van der Waals surface area (Å²) in [5, 5.41) is 14.1. The Kier molecular flexibility index (Phi) is 3.39. The van der Waals surface area contributed by atoms with E-state index < -0.39 is 5.97 Å². The molecule has 2 rings (SSSR count). The molecule has 0 aliphatic heterocycles. The van der Waals surface area contributed by atoms with Crippen LogP contribution in [0.3, 0.4) is 0 Å². The Morgan fingerprint density at radius 3 is 2.72 bits per heavy atom. The first kappa shape index (κ1) is 12.6. The summed E-state index contributed by atoms with van der Waals surface area (Å²) in [5.74, 6) is -0.947. The summed E-state index contributed by atoms with van der Waals surface area (Å²) in [4.78, 5) is 11.2. The van der Waals surface area contributed by atoms with Crippen LogP contribution in [0.2, 0.25) is 5.02 Å². The second-order valence-electron chi connectivity index (χ2n) is 3.96. The van der Waals surface area contributed by atoms with Crippen LogP contribution < -0.4 is 0 Å². The van der Waals surface area contributed by atoms with Gasteiger partial charge in [0.1, 0.15) is 5.56 Å². The van der Waals surface area contributed by atoms with Gasteiger partial charge in [0.05, 0.1) is 17.1 Å². The maximum Gasteiger partial charge on any atom is 0.339 e. The molecule has 1 aromatic heterocycles. The molecule has 0 saturated heterocycles. The highest BCUT2D eigenvalue weighted by Crippen LogP contribution is 2.21. The van der Waals surface area contributed by atoms with Gasteiger partial charge in [-0.1, -0.05) is 24.6 Å². The van der Waals surface area contributed by atoms with Crippen LogP contribution in [0.25, 0.3) is 5.69 Å². The number of halogens is 1. The normalized spacial score (nSPS) is 10.6. The molecule has 18 heavy (non-hydrogen) atoms. The van der Waals surface area contributed by atoms with E-state index in [-0.39, 0.29) is 5.56 Å². The van der Waals surface area contributed by atoms with Crippen LogP contribution in [0.1, 0.15) is 28.7 Å². The summed E-state index contributed by atoms with van der Waals surface area (Å²) in [7, 11) is 0. The van der Waals surface area contributed by atoms with E-state index in [0.717, 1.165) is 5.69 Å². The maximum absolute atomic E-state index is 11.2. The number of hydrogen-bond donors (Lipinski definition) is 1. The smallest absolute Gasteiger partial charge is 0.339 e. The van der Waals surface area contributed by atoms with E-state index in [1.54, 1.807) is 23.7 Å². The zero-order valence-corrected chi connectivity index (χ0v) is 10.9. The number of hydrogen-bond acceptors (Lipinski definition) is 2. The van der Waals surface area contributed by atoms with Gasteiger partial charge in [-0.2, -0.15) is 5.10 Å². The molecule has 0 spiro atoms. The zero-order chi connectivity index (χ0) is 13.3. The highest BCUT2D eigenvalue weighted by atomic mass is 35.5. The van der Waals surface area contributed by atoms with Gasteiger partial charge in [0.15, 0.2) is 0 Å². The van der Waals surface area contributed by atoms with Crippen molar-refractivity contribution in [1.82, 2.24) is 9.78 Å². The lowest BCUT2D eigenvalue weighted by Gasteiger charge is -2.04. The van der Waals surface area contributed by atoms with E-state index >= 15 is 0 Å². The molecule has 0 bridgehead atoms. The molecular formula is C13H13ClN2O2. The van der Waals surface area contributed by atoms with Crippen LogP contribution in [-0.2, 0) is 6.42 Å². The highest BCUT2D eigenvalue weighted by molar-refractivity contribution is 6.30. The summed E-state index contributed by atoms with van der Waals surface area (Å²) in [6.07, 6.45) is 0.579. The SMILES string of the molecule is CCc1nn(-c2cccc(Cl)c2)c(C)c1C(=O)O. The standard InChI is InChI=1S/C13H13ClN2O2/c1-3-11-12(13(17)18)8(2)16(15-11)10-6-4-5-9(14)7-10/h4-7H,3H2,1-2H3,(H,17,18). The van der Waals surface area contributed by atoms with Gasteiger partial charge in [-0.3, -0.25) is 0 Å². The summed E-state index contributed by atoms with van der Waals surface area (Å²) < 4.78 is 1.62. The van der Waals surface area contributed by atoms with Crippen LogP contribution >= 0.6 is 11.6 Å². The number of carboxylic acids is 1. The van der Waals surface area contributed by atoms with Crippen LogP contribution in [0.4, 0.5) is 0 Å². The number of benzene rings is 1. The Morgan fingerprint density at radius 1 is 1.50 bits per heavy atom. The molecule has 0 unspecified atom stereocenters. The Bertz CT molecular complexity index is 605. The summed E-state index contributed by atoms with van der Waals surface area (Å²) in [5.41, 5.74) is 2.24. The lowest BCUT2D eigenvalue weighted by atomic mass is 10.1. The van der Waals surface area contributed by atoms with Crippen molar-refractivity contribution in [2.75, 3.05) is 0 Å². The minimum atomic E-state index is -0.947. The van der Waals surface area contributed by atoms with Crippen LogP contribution in [-0.4, -0.2) is 20.9 Å². The minimum Gasteiger partial charge on any atom is -0.478 e. The molecule has 0 radical (unpaired) electrons. The van der Waals surface area contributed by atoms with E-state index in [1.165, 1.54) is 0 Å². The Hall–Kier alpha value is -1.81. The van der Waals surface area contributed by atoms with Gasteiger partial charge in [-0.05, 0) is 31.5 Å². The first-order chi connectivity index (χ1) is 8.54. The molecule has 0 saturated carbocycles. The molecule has 0 amide bonds. The van der Waals surface area contributed by atoms with Gasteiger partial charge in [-0.15, -0.1) is 0 Å². The fourth-order valence-electron chi connectivity index (χ4n) is 1.95. The predicted octanol–water partition coefficient (Wildman–Crippen LogP) is 3.09. The molecule has 4 nitrogen and oxygen atoms in total. The van der Waals surface area contributed by atoms with Crippen LogP contribution in [0, 0.1) is 6.92 Å². The second kappa shape index (κ2) is 4.82. The van der Waals surface area contributed by atoms with Gasteiger partial charge < -0.3 is 5.11 Å². The van der Waals surface area contributed by atoms with E-state index in [2.05, 4.69) is 5.10 Å². The fraction of sp³-hybridized carbons (Fsp3) is 0.231. The average Bonchev–Trinajstić information content (AvgIpc) is 2.66. The van der Waals surface area contributed by atoms with Gasteiger partial charge in [-0.25, -0.2) is 9.48 Å². The molecule has 5 heteroatoms. The van der Waals surface area contributed by atoms with Gasteiger partial charge in [0, 0.05) is 5.02 Å². The molecule has 1 heterocycles. The summed E-state index contributed by atoms with van der Waals surface area (Å²) in [6.45, 7) is 3.63. The Balaban J connectivity index is 2.63. The van der Waals surface area contributed by atoms with Gasteiger partial charge in [0.2, 0.25) is 0 Å². The number of carbonyl (C=O) groups is 1. The second-order valence-corrected chi connectivity index (χ2v) is 4.39. The first-order valence-corrected chi connectivity index (χ1v) is 6.00. The maximum atomic E-state index is 11.2. The molecule has 0 fully saturated rings. The van der Waals surface area contributed by atoms with Gasteiger partial charge in [0.25, 0.3) is 0 Å². The fourth-order valence-corrected chi connectivity index (χ4v) is 2.13. The molecule has 0 atom stereocenters. The third-order valence-corrected chi connectivity index (χ3v) is 3.03. The third kappa shape index (κ3) is 2.11. The van der Waals surface area contributed by atoms with Crippen LogP contribution in [0.5, 0.6) is 0 Å². The lowest BCUT2D eigenvalue weighted by Crippen LogP contribution is -2.02. The molecule has 1 aromatic carbocycles. The topological polar surface area (TPSA) is 55.1 Å². The minimum absolute atomic E-state index is 0.275. The quantitative estimate of drug-likeness (QED) is 0.927. The summed E-state index contributed by atoms with van der Waals surface area (Å²) >= 11 is 5.93. The number of carboxylic acid groups (broad SMARTS) is 1. The molecule has 2 aromatic rings. The third-order valence-electron chi connectivity index (χ3n) is 2.79. The Morgan fingerprint density at radius 2 is 2.22 bits per heavy atom. The van der Waals surface area contributed by atoms with Crippen molar-refractivity contribution in [1.29, 1.82) is 0 Å². The monoisotopic (exact) mass is 264 g/mol. The number of aromatic carboxylic acids is 1. The summed E-state index contributed by atoms with van der Waals surface area (Å²) in [6, 6.07) is 7.18. The molecule has 0 aliphatic carbocycles. The van der Waals surface area contributed by atoms with E-state index in [1.807, 2.05) is 19.1 Å². The van der Waals surface area contributed by atoms with Gasteiger partial charge >= 0.3 is 5.97 Å². The van der Waals surface area contributed by atoms with Crippen molar-refractivity contribution in [3.63, 3.8) is 0 Å². The van der Waals surface area contributed by atoms with Crippen molar-refractivity contribution in [3.05, 3.63) is 46.2 Å². The number of rotatable bonds is 3. The molecule has 94 valence electrons. The van der Waals surface area contributed by atoms with E-state index in [4.69, 9.17) is 11.6 Å². The molecule has 0 aliphatic rings. The lowest BCUT2D eigenvalue weighted by molar-refractivity contribution is 0.0695. The van der Waals surface area contributed by atoms with Crippen molar-refractivity contribution in [2.24, 2.45) is 0 Å². The van der Waals surface area contributed by atoms with E-state index in [9.17, 15) is 9.90 Å². The number of nitrogens with zero attached hydrogens (tertiary/aromatic N) is 2. The number of aromatic nitrogens is 2. The zero-order valence-electron chi connectivity index (χ0n) is 10.1. The molecular weight excluding hydrogens is 252 g/mol. The van der Waals surface area contributed by atoms with Crippen molar-refractivity contribution in [2.45, 2.75) is 20.3 Å². The number of aryl methyl sites for hydroxylation is 1. The molecule has 1 N–H and O–H groups in total. The predicted molar refractivity (Wildman–Crippen MR) is 69.6 cm³/mol. The van der Waals surface area contributed by atoms with Crippen molar-refractivity contribution < 1.29 is 9.90 Å². The first-order valence-electron chi connectivity index (χ1n) is 5.62. The van der Waals surface area contributed by atoms with Crippen LogP contribution in [0.15, 0.2) is 24.3 Å². The largest absolute Gasteiger partial charge is 0.478 e. The van der Waals surface area contributed by atoms with Crippen molar-refractivity contribution >= 4 is 17.6 Å². The average molecular weight is 265 g/mol.